The average Bonchev–Trinajstić information content (AvgIpc) is 2.73. The number of carbonyl (C=O) groups is 1. The number of halogens is 3. The third-order valence-electron chi connectivity index (χ3n) is 5.53. The maximum atomic E-state index is 13.1. The zero-order valence-corrected chi connectivity index (χ0v) is 17.4. The Bertz CT molecular complexity index is 842. The molecule has 0 saturated carbocycles. The van der Waals surface area contributed by atoms with E-state index in [2.05, 4.69) is 10.2 Å². The second kappa shape index (κ2) is 9.51. The molecule has 1 saturated heterocycles. The molecule has 0 bridgehead atoms. The molecule has 1 heterocycles. The highest BCUT2D eigenvalue weighted by molar-refractivity contribution is 5.94. The SMILES string of the molecule is CN(C)C(=O)c1ccc(N2CCC(NCCc3ccccc3C(F)(F)F)CC2)cc1. The highest BCUT2D eigenvalue weighted by Gasteiger charge is 2.32. The summed E-state index contributed by atoms with van der Waals surface area (Å²) < 4.78 is 39.3. The molecule has 1 aliphatic rings. The Morgan fingerprint density at radius 1 is 1.07 bits per heavy atom. The van der Waals surface area contributed by atoms with E-state index in [0.29, 0.717) is 30.1 Å². The quantitative estimate of drug-likeness (QED) is 0.762. The van der Waals surface area contributed by atoms with Gasteiger partial charge in [0.05, 0.1) is 5.56 Å². The van der Waals surface area contributed by atoms with Crippen LogP contribution in [0.15, 0.2) is 48.5 Å². The summed E-state index contributed by atoms with van der Waals surface area (Å²) in [4.78, 5) is 15.8. The molecule has 1 N–H and O–H groups in total. The van der Waals surface area contributed by atoms with E-state index in [-0.39, 0.29) is 5.91 Å². The van der Waals surface area contributed by atoms with E-state index in [0.717, 1.165) is 37.7 Å². The van der Waals surface area contributed by atoms with Gasteiger partial charge in [0, 0.05) is 44.5 Å². The zero-order valence-electron chi connectivity index (χ0n) is 17.4. The first kappa shape index (κ1) is 22.2. The van der Waals surface area contributed by atoms with Gasteiger partial charge in [-0.15, -0.1) is 0 Å². The third-order valence-corrected chi connectivity index (χ3v) is 5.53. The van der Waals surface area contributed by atoms with Crippen molar-refractivity contribution in [1.82, 2.24) is 10.2 Å². The molecule has 3 rings (SSSR count). The molecule has 0 unspecified atom stereocenters. The summed E-state index contributed by atoms with van der Waals surface area (Å²) in [7, 11) is 3.46. The fourth-order valence-electron chi connectivity index (χ4n) is 3.84. The lowest BCUT2D eigenvalue weighted by atomic mass is 10.0. The van der Waals surface area contributed by atoms with Crippen LogP contribution in [0.1, 0.15) is 34.3 Å². The molecule has 4 nitrogen and oxygen atoms in total. The normalized spacial score (nSPS) is 15.3. The standard InChI is InChI=1S/C23H28F3N3O/c1-28(2)22(30)18-7-9-20(10-8-18)29-15-12-19(13-16-29)27-14-11-17-5-3-4-6-21(17)23(24,25)26/h3-10,19,27H,11-16H2,1-2H3. The Morgan fingerprint density at radius 3 is 2.30 bits per heavy atom. The topological polar surface area (TPSA) is 35.6 Å². The Kier molecular flexibility index (Phi) is 7.02. The predicted octanol–water partition coefficient (Wildman–Crippen LogP) is 4.21. The van der Waals surface area contributed by atoms with Gasteiger partial charge in [-0.3, -0.25) is 4.79 Å². The number of anilines is 1. The predicted molar refractivity (Wildman–Crippen MR) is 113 cm³/mol. The number of carbonyl (C=O) groups excluding carboxylic acids is 1. The maximum Gasteiger partial charge on any atom is 0.416 e. The number of benzene rings is 2. The van der Waals surface area contributed by atoms with Gasteiger partial charge < -0.3 is 15.1 Å². The van der Waals surface area contributed by atoms with Crippen molar-refractivity contribution in [2.24, 2.45) is 0 Å². The van der Waals surface area contributed by atoms with Gasteiger partial charge in [0.1, 0.15) is 0 Å². The van der Waals surface area contributed by atoms with Crippen LogP contribution in [0, 0.1) is 0 Å². The molecule has 162 valence electrons. The van der Waals surface area contributed by atoms with Crippen molar-refractivity contribution in [3.63, 3.8) is 0 Å². The van der Waals surface area contributed by atoms with Crippen LogP contribution in [0.25, 0.3) is 0 Å². The second-order valence-corrected chi connectivity index (χ2v) is 7.87. The van der Waals surface area contributed by atoms with Crippen molar-refractivity contribution in [3.05, 3.63) is 65.2 Å². The minimum Gasteiger partial charge on any atom is -0.371 e. The number of rotatable bonds is 6. The average molecular weight is 419 g/mol. The number of hydrogen-bond acceptors (Lipinski definition) is 3. The summed E-state index contributed by atoms with van der Waals surface area (Å²) in [5, 5.41) is 3.41. The van der Waals surface area contributed by atoms with Crippen LogP contribution in [-0.4, -0.2) is 50.6 Å². The molecule has 2 aromatic carbocycles. The van der Waals surface area contributed by atoms with E-state index in [1.807, 2.05) is 24.3 Å². The Morgan fingerprint density at radius 2 is 1.70 bits per heavy atom. The van der Waals surface area contributed by atoms with Crippen LogP contribution in [0.4, 0.5) is 18.9 Å². The van der Waals surface area contributed by atoms with E-state index in [1.54, 1.807) is 31.1 Å². The van der Waals surface area contributed by atoms with Gasteiger partial charge in [-0.2, -0.15) is 13.2 Å². The van der Waals surface area contributed by atoms with Gasteiger partial charge in [0.25, 0.3) is 5.91 Å². The van der Waals surface area contributed by atoms with E-state index in [9.17, 15) is 18.0 Å². The zero-order chi connectivity index (χ0) is 21.7. The lowest BCUT2D eigenvalue weighted by Crippen LogP contribution is -2.43. The van der Waals surface area contributed by atoms with Gasteiger partial charge in [-0.25, -0.2) is 0 Å². The Balaban J connectivity index is 1.47. The van der Waals surface area contributed by atoms with Crippen molar-refractivity contribution in [3.8, 4) is 0 Å². The number of hydrogen-bond donors (Lipinski definition) is 1. The first-order valence-electron chi connectivity index (χ1n) is 10.2. The molecule has 2 aromatic rings. The lowest BCUT2D eigenvalue weighted by Gasteiger charge is -2.34. The summed E-state index contributed by atoms with van der Waals surface area (Å²) in [6.07, 6.45) is -2.09. The van der Waals surface area contributed by atoms with E-state index in [4.69, 9.17) is 0 Å². The second-order valence-electron chi connectivity index (χ2n) is 7.87. The van der Waals surface area contributed by atoms with Crippen molar-refractivity contribution in [2.45, 2.75) is 31.5 Å². The van der Waals surface area contributed by atoms with Gasteiger partial charge in [0.15, 0.2) is 0 Å². The highest BCUT2D eigenvalue weighted by atomic mass is 19.4. The molecule has 1 aliphatic heterocycles. The van der Waals surface area contributed by atoms with Gasteiger partial charge >= 0.3 is 6.18 Å². The van der Waals surface area contributed by atoms with Crippen LogP contribution < -0.4 is 10.2 Å². The van der Waals surface area contributed by atoms with Crippen molar-refractivity contribution in [1.29, 1.82) is 0 Å². The Labute approximate surface area is 175 Å². The first-order valence-corrected chi connectivity index (χ1v) is 10.2. The summed E-state index contributed by atoms with van der Waals surface area (Å²) >= 11 is 0. The maximum absolute atomic E-state index is 13.1. The number of amides is 1. The highest BCUT2D eigenvalue weighted by Crippen LogP contribution is 2.32. The minimum absolute atomic E-state index is 0.0171. The summed E-state index contributed by atoms with van der Waals surface area (Å²) in [6.45, 7) is 2.27. The largest absolute Gasteiger partial charge is 0.416 e. The number of piperidine rings is 1. The number of nitrogens with zero attached hydrogens (tertiary/aromatic N) is 2. The summed E-state index contributed by atoms with van der Waals surface area (Å²) in [5.41, 5.74) is 1.54. The molecule has 0 aromatic heterocycles. The molecule has 30 heavy (non-hydrogen) atoms. The van der Waals surface area contributed by atoms with E-state index in [1.165, 1.54) is 6.07 Å². The summed E-state index contributed by atoms with van der Waals surface area (Å²) in [6, 6.07) is 13.7. The van der Waals surface area contributed by atoms with Gasteiger partial charge in [-0.05, 0) is 61.7 Å². The lowest BCUT2D eigenvalue weighted by molar-refractivity contribution is -0.138. The van der Waals surface area contributed by atoms with Crippen molar-refractivity contribution < 1.29 is 18.0 Å². The molecule has 0 aliphatic carbocycles. The van der Waals surface area contributed by atoms with Crippen LogP contribution in [0.2, 0.25) is 0 Å². The van der Waals surface area contributed by atoms with Crippen molar-refractivity contribution in [2.75, 3.05) is 38.6 Å². The van der Waals surface area contributed by atoms with Crippen LogP contribution in [-0.2, 0) is 12.6 Å². The molecular weight excluding hydrogens is 391 g/mol. The third kappa shape index (κ3) is 5.53. The molecule has 0 spiro atoms. The first-order chi connectivity index (χ1) is 14.3. The number of alkyl halides is 3. The van der Waals surface area contributed by atoms with Gasteiger partial charge in [0.2, 0.25) is 0 Å². The molecule has 0 atom stereocenters. The molecule has 7 heteroatoms. The van der Waals surface area contributed by atoms with E-state index < -0.39 is 11.7 Å². The monoisotopic (exact) mass is 419 g/mol. The molecule has 1 fully saturated rings. The molecule has 0 radical (unpaired) electrons. The smallest absolute Gasteiger partial charge is 0.371 e. The van der Waals surface area contributed by atoms with Crippen LogP contribution in [0.3, 0.4) is 0 Å². The van der Waals surface area contributed by atoms with Crippen LogP contribution in [0.5, 0.6) is 0 Å². The van der Waals surface area contributed by atoms with E-state index >= 15 is 0 Å². The van der Waals surface area contributed by atoms with Gasteiger partial charge in [-0.1, -0.05) is 18.2 Å². The molecular formula is C23H28F3N3O. The number of nitrogens with one attached hydrogen (secondary N) is 1. The minimum atomic E-state index is -4.31. The fraction of sp³-hybridized carbons (Fsp3) is 0.435. The Hall–Kier alpha value is -2.54. The molecule has 1 amide bonds. The summed E-state index contributed by atoms with van der Waals surface area (Å²) in [5.74, 6) is -0.0171. The fourth-order valence-corrected chi connectivity index (χ4v) is 3.84. The van der Waals surface area contributed by atoms with Crippen molar-refractivity contribution >= 4 is 11.6 Å². The van der Waals surface area contributed by atoms with Crippen LogP contribution >= 0.6 is 0 Å².